The third-order valence-electron chi connectivity index (χ3n) is 1.98. The molecular weight excluding hydrogens is 198 g/mol. The monoisotopic (exact) mass is 205 g/mol. The maximum atomic E-state index is 11.0. The first kappa shape index (κ1) is 9.94. The van der Waals surface area contributed by atoms with Gasteiger partial charge in [0.25, 0.3) is 0 Å². The van der Waals surface area contributed by atoms with Gasteiger partial charge in [-0.2, -0.15) is 0 Å². The van der Waals surface area contributed by atoms with Gasteiger partial charge in [-0.15, -0.1) is 12.4 Å². The summed E-state index contributed by atoms with van der Waals surface area (Å²) in [6, 6.07) is -0.750. The first-order valence-electron chi connectivity index (χ1n) is 3.59. The zero-order chi connectivity index (χ0) is 8.72. The second kappa shape index (κ2) is 3.31. The maximum absolute atomic E-state index is 11.0. The van der Waals surface area contributed by atoms with Crippen molar-refractivity contribution in [3.05, 3.63) is 0 Å². The molecule has 0 saturated carbocycles. The molecule has 0 spiro atoms. The van der Waals surface area contributed by atoms with Gasteiger partial charge in [-0.25, -0.2) is 9.69 Å². The minimum absolute atomic E-state index is 0. The summed E-state index contributed by atoms with van der Waals surface area (Å²) >= 11 is 0. The smallest absolute Gasteiger partial charge is 0.312 e. The molecule has 0 bridgehead atoms. The van der Waals surface area contributed by atoms with Crippen molar-refractivity contribution in [1.29, 1.82) is 0 Å². The van der Waals surface area contributed by atoms with Gasteiger partial charge in [-0.1, -0.05) is 0 Å². The highest BCUT2D eigenvalue weighted by Gasteiger charge is 2.43. The summed E-state index contributed by atoms with van der Waals surface area (Å²) in [4.78, 5) is 33.7. The molecule has 0 aromatic heterocycles. The lowest BCUT2D eigenvalue weighted by Gasteiger charge is -2.32. The molecule has 0 aromatic rings. The largest absolute Gasteiger partial charge is 0.331 e. The number of nitrogens with one attached hydrogen (secondary N) is 2. The van der Waals surface area contributed by atoms with E-state index in [1.807, 2.05) is 5.32 Å². The second-order valence-electron chi connectivity index (χ2n) is 2.75. The van der Waals surface area contributed by atoms with Gasteiger partial charge in [0.15, 0.2) is 0 Å². The number of carbonyl (C=O) groups is 3. The van der Waals surface area contributed by atoms with Crippen molar-refractivity contribution in [1.82, 2.24) is 15.5 Å². The van der Waals surface area contributed by atoms with Crippen molar-refractivity contribution in [3.8, 4) is 0 Å². The minimum Gasteiger partial charge on any atom is -0.312 e. The molecule has 0 aliphatic carbocycles. The summed E-state index contributed by atoms with van der Waals surface area (Å²) in [7, 11) is 0. The number of imide groups is 2. The number of nitrogens with zero attached hydrogens (tertiary/aromatic N) is 1. The van der Waals surface area contributed by atoms with E-state index >= 15 is 0 Å². The number of halogens is 1. The van der Waals surface area contributed by atoms with Crippen molar-refractivity contribution in [3.63, 3.8) is 0 Å². The normalized spacial score (nSPS) is 22.5. The Hall–Kier alpha value is -1.14. The van der Waals surface area contributed by atoms with Crippen molar-refractivity contribution in [2.45, 2.75) is 6.04 Å². The average molecular weight is 206 g/mol. The molecule has 0 radical (unpaired) electrons. The van der Waals surface area contributed by atoms with Crippen molar-refractivity contribution >= 4 is 30.3 Å². The van der Waals surface area contributed by atoms with Crippen LogP contribution in [0.15, 0.2) is 0 Å². The summed E-state index contributed by atoms with van der Waals surface area (Å²) in [5, 5.41) is 4.85. The van der Waals surface area contributed by atoms with Gasteiger partial charge in [-0.05, 0) is 0 Å². The standard InChI is InChI=1S/C6H7N3O3.ClH/c10-4-5(11)9(6(12)8-4)3-1-7-2-3;/h3,7H,1-2H2,(H,8,10,12);1H. The predicted octanol–water partition coefficient (Wildman–Crippen LogP) is -1.54. The summed E-state index contributed by atoms with van der Waals surface area (Å²) < 4.78 is 0. The molecular formula is C6H8ClN3O3. The van der Waals surface area contributed by atoms with Crippen LogP contribution in [0.3, 0.4) is 0 Å². The van der Waals surface area contributed by atoms with Gasteiger partial charge < -0.3 is 5.32 Å². The van der Waals surface area contributed by atoms with E-state index in [2.05, 4.69) is 5.32 Å². The molecule has 2 heterocycles. The lowest BCUT2D eigenvalue weighted by Crippen LogP contribution is -2.59. The zero-order valence-electron chi connectivity index (χ0n) is 6.57. The maximum Gasteiger partial charge on any atom is 0.331 e. The van der Waals surface area contributed by atoms with Gasteiger partial charge in [0, 0.05) is 13.1 Å². The van der Waals surface area contributed by atoms with Crippen LogP contribution in [-0.2, 0) is 9.59 Å². The highest BCUT2D eigenvalue weighted by atomic mass is 35.5. The first-order valence-corrected chi connectivity index (χ1v) is 3.59. The van der Waals surface area contributed by atoms with Crippen molar-refractivity contribution < 1.29 is 14.4 Å². The average Bonchev–Trinajstić information content (AvgIpc) is 2.13. The molecule has 6 nitrogen and oxygen atoms in total. The molecule has 2 N–H and O–H groups in total. The molecule has 72 valence electrons. The molecule has 2 fully saturated rings. The van der Waals surface area contributed by atoms with Crippen LogP contribution >= 0.6 is 12.4 Å². The molecule has 2 rings (SSSR count). The Morgan fingerprint density at radius 1 is 1.23 bits per heavy atom. The van der Waals surface area contributed by atoms with Gasteiger partial charge in [-0.3, -0.25) is 14.9 Å². The first-order chi connectivity index (χ1) is 5.70. The van der Waals surface area contributed by atoms with Crippen LogP contribution in [0.1, 0.15) is 0 Å². The molecule has 2 aliphatic rings. The van der Waals surface area contributed by atoms with E-state index in [0.717, 1.165) is 4.90 Å². The third kappa shape index (κ3) is 1.38. The van der Waals surface area contributed by atoms with E-state index in [4.69, 9.17) is 0 Å². The molecule has 2 saturated heterocycles. The van der Waals surface area contributed by atoms with Crippen LogP contribution in [-0.4, -0.2) is 41.9 Å². The number of amides is 4. The van der Waals surface area contributed by atoms with Gasteiger partial charge in [0.05, 0.1) is 6.04 Å². The summed E-state index contributed by atoms with van der Waals surface area (Å²) in [5.74, 6) is -1.57. The zero-order valence-corrected chi connectivity index (χ0v) is 7.39. The Morgan fingerprint density at radius 3 is 2.15 bits per heavy atom. The van der Waals surface area contributed by atoms with E-state index in [9.17, 15) is 14.4 Å². The van der Waals surface area contributed by atoms with Crippen LogP contribution in [0, 0.1) is 0 Å². The Bertz CT molecular complexity index is 276. The second-order valence-corrected chi connectivity index (χ2v) is 2.75. The quantitative estimate of drug-likeness (QED) is 0.402. The van der Waals surface area contributed by atoms with E-state index in [1.165, 1.54) is 0 Å². The summed E-state index contributed by atoms with van der Waals surface area (Å²) in [6.07, 6.45) is 0. The summed E-state index contributed by atoms with van der Waals surface area (Å²) in [5.41, 5.74) is 0. The van der Waals surface area contributed by atoms with Crippen LogP contribution in [0.5, 0.6) is 0 Å². The van der Waals surface area contributed by atoms with E-state index in [-0.39, 0.29) is 18.4 Å². The molecule has 0 aromatic carbocycles. The van der Waals surface area contributed by atoms with Crippen LogP contribution in [0.25, 0.3) is 0 Å². The highest BCUT2D eigenvalue weighted by molar-refractivity contribution is 6.44. The molecule has 4 amide bonds. The fourth-order valence-electron chi connectivity index (χ4n) is 1.20. The third-order valence-corrected chi connectivity index (χ3v) is 1.98. The van der Waals surface area contributed by atoms with Crippen molar-refractivity contribution in [2.75, 3.05) is 13.1 Å². The van der Waals surface area contributed by atoms with Crippen LogP contribution in [0.4, 0.5) is 4.79 Å². The fourth-order valence-corrected chi connectivity index (χ4v) is 1.20. The Morgan fingerprint density at radius 2 is 1.85 bits per heavy atom. The number of hydrogen-bond acceptors (Lipinski definition) is 4. The van der Waals surface area contributed by atoms with Crippen molar-refractivity contribution in [2.24, 2.45) is 0 Å². The van der Waals surface area contributed by atoms with Gasteiger partial charge >= 0.3 is 17.8 Å². The van der Waals surface area contributed by atoms with E-state index in [1.54, 1.807) is 0 Å². The predicted molar refractivity (Wildman–Crippen MR) is 44.3 cm³/mol. The molecule has 7 heteroatoms. The Labute approximate surface area is 80.0 Å². The number of hydrogen-bond donors (Lipinski definition) is 2. The molecule has 13 heavy (non-hydrogen) atoms. The fraction of sp³-hybridized carbons (Fsp3) is 0.500. The van der Waals surface area contributed by atoms with E-state index < -0.39 is 17.8 Å². The summed E-state index contributed by atoms with van der Waals surface area (Å²) in [6.45, 7) is 1.15. The van der Waals surface area contributed by atoms with E-state index in [0.29, 0.717) is 13.1 Å². The van der Waals surface area contributed by atoms with Gasteiger partial charge in [0.2, 0.25) is 0 Å². The Balaban J connectivity index is 0.000000845. The number of urea groups is 1. The number of rotatable bonds is 1. The van der Waals surface area contributed by atoms with Gasteiger partial charge in [0.1, 0.15) is 0 Å². The van der Waals surface area contributed by atoms with Crippen LogP contribution in [0.2, 0.25) is 0 Å². The topological polar surface area (TPSA) is 78.5 Å². The molecule has 2 aliphatic heterocycles. The molecule has 0 unspecified atom stereocenters. The SMILES string of the molecule is Cl.O=C1NC(=O)N(C2CNC2)C1=O. The lowest BCUT2D eigenvalue weighted by atomic mass is 10.1. The van der Waals surface area contributed by atoms with Crippen LogP contribution < -0.4 is 10.6 Å². The molecule has 0 atom stereocenters. The Kier molecular flexibility index (Phi) is 2.53. The number of carbonyl (C=O) groups excluding carboxylic acids is 3. The minimum atomic E-state index is -0.827. The highest BCUT2D eigenvalue weighted by Crippen LogP contribution is 2.09. The lowest BCUT2D eigenvalue weighted by molar-refractivity contribution is -0.141.